The SMILES string of the molecule is Cc1ccn(CCCC[C@@H]2c3cc(-c4ccccc4F)nnc3CC2(C)C)n1. The number of aromatic nitrogens is 4. The molecule has 0 amide bonds. The molecular formula is C23H27FN4. The van der Waals surface area contributed by atoms with Gasteiger partial charge in [-0.05, 0) is 67.3 Å². The first-order valence-electron chi connectivity index (χ1n) is 10.1. The molecule has 2 aromatic heterocycles. The van der Waals surface area contributed by atoms with Crippen molar-refractivity contribution in [3.05, 3.63) is 65.4 Å². The van der Waals surface area contributed by atoms with Gasteiger partial charge in [-0.15, -0.1) is 0 Å². The predicted octanol–water partition coefficient (Wildman–Crippen LogP) is 5.32. The van der Waals surface area contributed by atoms with E-state index in [4.69, 9.17) is 0 Å². The third-order valence-corrected chi connectivity index (χ3v) is 5.90. The van der Waals surface area contributed by atoms with E-state index in [2.05, 4.69) is 35.2 Å². The second-order valence-electron chi connectivity index (χ2n) is 8.55. The Bertz CT molecular complexity index is 976. The molecule has 0 fully saturated rings. The third-order valence-electron chi connectivity index (χ3n) is 5.90. The second kappa shape index (κ2) is 7.46. The van der Waals surface area contributed by atoms with E-state index in [1.54, 1.807) is 12.1 Å². The normalized spacial score (nSPS) is 17.6. The van der Waals surface area contributed by atoms with Crippen molar-refractivity contribution in [2.24, 2.45) is 5.41 Å². The number of hydrogen-bond donors (Lipinski definition) is 0. The largest absolute Gasteiger partial charge is 0.273 e. The van der Waals surface area contributed by atoms with Crippen LogP contribution in [0, 0.1) is 18.2 Å². The van der Waals surface area contributed by atoms with Crippen molar-refractivity contribution < 1.29 is 4.39 Å². The van der Waals surface area contributed by atoms with Gasteiger partial charge in [0.05, 0.1) is 17.1 Å². The Morgan fingerprint density at radius 3 is 2.71 bits per heavy atom. The minimum Gasteiger partial charge on any atom is -0.273 e. The summed E-state index contributed by atoms with van der Waals surface area (Å²) in [6.45, 7) is 7.57. The predicted molar refractivity (Wildman–Crippen MR) is 108 cm³/mol. The lowest BCUT2D eigenvalue weighted by Gasteiger charge is -2.27. The molecule has 1 aliphatic rings. The number of aryl methyl sites for hydroxylation is 2. The summed E-state index contributed by atoms with van der Waals surface area (Å²) < 4.78 is 16.2. The average molecular weight is 378 g/mol. The molecule has 146 valence electrons. The van der Waals surface area contributed by atoms with Crippen molar-refractivity contribution >= 4 is 0 Å². The standard InChI is InChI=1S/C23H27FN4/c1-16-11-13-28(27-16)12-7-6-9-19-18-14-21(17-8-4-5-10-20(17)24)25-26-22(18)15-23(19,2)3/h4-5,8,10-11,13-14,19H,6-7,9,12,15H2,1-3H3/t19-/m1/s1. The van der Waals surface area contributed by atoms with Crippen LogP contribution in [-0.4, -0.2) is 20.0 Å². The minimum absolute atomic E-state index is 0.146. The molecule has 28 heavy (non-hydrogen) atoms. The zero-order chi connectivity index (χ0) is 19.7. The highest BCUT2D eigenvalue weighted by Crippen LogP contribution is 2.49. The highest BCUT2D eigenvalue weighted by atomic mass is 19.1. The molecule has 0 aliphatic heterocycles. The molecule has 4 nitrogen and oxygen atoms in total. The number of hydrogen-bond acceptors (Lipinski definition) is 3. The number of halogens is 1. The maximum Gasteiger partial charge on any atom is 0.132 e. The van der Waals surface area contributed by atoms with Crippen molar-refractivity contribution in [3.8, 4) is 11.3 Å². The highest BCUT2D eigenvalue weighted by molar-refractivity contribution is 5.61. The summed E-state index contributed by atoms with van der Waals surface area (Å²) in [5, 5.41) is 13.2. The third kappa shape index (κ3) is 3.71. The molecule has 0 N–H and O–H groups in total. The Balaban J connectivity index is 1.50. The summed E-state index contributed by atoms with van der Waals surface area (Å²) in [6, 6.07) is 10.9. The monoisotopic (exact) mass is 378 g/mol. The topological polar surface area (TPSA) is 43.6 Å². The molecule has 1 atom stereocenters. The first-order valence-corrected chi connectivity index (χ1v) is 10.1. The van der Waals surface area contributed by atoms with Crippen LogP contribution in [0.2, 0.25) is 0 Å². The van der Waals surface area contributed by atoms with Crippen molar-refractivity contribution in [3.63, 3.8) is 0 Å². The Morgan fingerprint density at radius 1 is 1.14 bits per heavy atom. The van der Waals surface area contributed by atoms with E-state index in [0.29, 0.717) is 17.2 Å². The van der Waals surface area contributed by atoms with E-state index in [1.807, 2.05) is 29.9 Å². The van der Waals surface area contributed by atoms with Gasteiger partial charge in [0.25, 0.3) is 0 Å². The molecule has 0 saturated carbocycles. The fourth-order valence-corrected chi connectivity index (χ4v) is 4.40. The summed E-state index contributed by atoms with van der Waals surface area (Å²) in [6.07, 6.45) is 6.30. The molecule has 0 radical (unpaired) electrons. The molecule has 3 aromatic rings. The van der Waals surface area contributed by atoms with Gasteiger partial charge >= 0.3 is 0 Å². The Morgan fingerprint density at radius 2 is 1.96 bits per heavy atom. The molecule has 0 spiro atoms. The lowest BCUT2D eigenvalue weighted by atomic mass is 9.77. The molecule has 1 aliphatic carbocycles. The summed E-state index contributed by atoms with van der Waals surface area (Å²) in [7, 11) is 0. The van der Waals surface area contributed by atoms with Crippen molar-refractivity contribution in [1.82, 2.24) is 20.0 Å². The number of nitrogens with zero attached hydrogens (tertiary/aromatic N) is 4. The van der Waals surface area contributed by atoms with E-state index in [1.165, 1.54) is 11.6 Å². The van der Waals surface area contributed by atoms with Crippen LogP contribution in [0.5, 0.6) is 0 Å². The van der Waals surface area contributed by atoms with Gasteiger partial charge < -0.3 is 0 Å². The molecule has 5 heteroatoms. The lowest BCUT2D eigenvalue weighted by Crippen LogP contribution is -2.18. The fraction of sp³-hybridized carbons (Fsp3) is 0.435. The summed E-state index contributed by atoms with van der Waals surface area (Å²) in [5.41, 5.74) is 4.67. The Hall–Kier alpha value is -2.56. The smallest absolute Gasteiger partial charge is 0.132 e. The van der Waals surface area contributed by atoms with Crippen LogP contribution in [-0.2, 0) is 13.0 Å². The average Bonchev–Trinajstić information content (AvgIpc) is 3.18. The van der Waals surface area contributed by atoms with Crippen LogP contribution in [0.1, 0.15) is 56.0 Å². The maximum atomic E-state index is 14.2. The molecule has 0 saturated heterocycles. The van der Waals surface area contributed by atoms with E-state index < -0.39 is 0 Å². The van der Waals surface area contributed by atoms with Gasteiger partial charge in [-0.1, -0.05) is 32.4 Å². The van der Waals surface area contributed by atoms with E-state index >= 15 is 0 Å². The first-order chi connectivity index (χ1) is 13.4. The summed E-state index contributed by atoms with van der Waals surface area (Å²) in [4.78, 5) is 0. The lowest BCUT2D eigenvalue weighted by molar-refractivity contribution is 0.290. The second-order valence-corrected chi connectivity index (χ2v) is 8.55. The van der Waals surface area contributed by atoms with Crippen LogP contribution in [0.4, 0.5) is 4.39 Å². The Kier molecular flexibility index (Phi) is 5.00. The van der Waals surface area contributed by atoms with Gasteiger partial charge in [0.15, 0.2) is 0 Å². The van der Waals surface area contributed by atoms with Gasteiger partial charge in [-0.25, -0.2) is 4.39 Å². The van der Waals surface area contributed by atoms with Crippen LogP contribution in [0.3, 0.4) is 0 Å². The van der Waals surface area contributed by atoms with Crippen molar-refractivity contribution in [1.29, 1.82) is 0 Å². The van der Waals surface area contributed by atoms with E-state index in [9.17, 15) is 4.39 Å². The molecule has 0 bridgehead atoms. The first kappa shape index (κ1) is 18.8. The zero-order valence-corrected chi connectivity index (χ0v) is 16.8. The number of fused-ring (bicyclic) bond motifs is 1. The minimum atomic E-state index is -0.250. The van der Waals surface area contributed by atoms with E-state index in [-0.39, 0.29) is 11.2 Å². The van der Waals surface area contributed by atoms with Crippen molar-refractivity contribution in [2.75, 3.05) is 0 Å². The Labute approximate surface area is 165 Å². The maximum absolute atomic E-state index is 14.2. The molecule has 2 heterocycles. The molecule has 4 rings (SSSR count). The quantitative estimate of drug-likeness (QED) is 0.545. The molecule has 0 unspecified atom stereocenters. The summed E-state index contributed by atoms with van der Waals surface area (Å²) in [5.74, 6) is 0.169. The number of unbranched alkanes of at least 4 members (excludes halogenated alkanes) is 1. The van der Waals surface area contributed by atoms with Crippen LogP contribution < -0.4 is 0 Å². The van der Waals surface area contributed by atoms with Gasteiger partial charge in [-0.2, -0.15) is 15.3 Å². The summed E-state index contributed by atoms with van der Waals surface area (Å²) >= 11 is 0. The highest BCUT2D eigenvalue weighted by Gasteiger charge is 2.39. The van der Waals surface area contributed by atoms with Gasteiger partial charge in [0.2, 0.25) is 0 Å². The molecule has 1 aromatic carbocycles. The van der Waals surface area contributed by atoms with Crippen LogP contribution >= 0.6 is 0 Å². The van der Waals surface area contributed by atoms with Crippen LogP contribution in [0.15, 0.2) is 42.6 Å². The van der Waals surface area contributed by atoms with Gasteiger partial charge in [0.1, 0.15) is 5.82 Å². The zero-order valence-electron chi connectivity index (χ0n) is 16.8. The number of rotatable bonds is 6. The fourth-order valence-electron chi connectivity index (χ4n) is 4.40. The van der Waals surface area contributed by atoms with E-state index in [0.717, 1.165) is 43.6 Å². The molecular weight excluding hydrogens is 351 g/mol. The number of benzene rings is 1. The van der Waals surface area contributed by atoms with Crippen LogP contribution in [0.25, 0.3) is 11.3 Å². The van der Waals surface area contributed by atoms with Crippen molar-refractivity contribution in [2.45, 2.75) is 58.9 Å². The van der Waals surface area contributed by atoms with Gasteiger partial charge in [0, 0.05) is 18.3 Å². The van der Waals surface area contributed by atoms with Gasteiger partial charge in [-0.3, -0.25) is 4.68 Å².